The van der Waals surface area contributed by atoms with E-state index in [4.69, 9.17) is 0 Å². The first kappa shape index (κ1) is 20.3. The van der Waals surface area contributed by atoms with Crippen LogP contribution in [0.5, 0.6) is 0 Å². The Morgan fingerprint density at radius 2 is 1.00 bits per heavy atom. The molecule has 0 saturated heterocycles. The summed E-state index contributed by atoms with van der Waals surface area (Å²) < 4.78 is 0. The third-order valence-electron chi connectivity index (χ3n) is 7.92. The number of hydrogen-bond donors (Lipinski definition) is 0. The van der Waals surface area contributed by atoms with Gasteiger partial charge in [0.2, 0.25) is 0 Å². The smallest absolute Gasteiger partial charge is 0.0633 e. The van der Waals surface area contributed by atoms with Gasteiger partial charge in [0.1, 0.15) is 0 Å². The van der Waals surface area contributed by atoms with Gasteiger partial charge in [0, 0.05) is 11.8 Å². The van der Waals surface area contributed by atoms with Crippen LogP contribution in [0.1, 0.15) is 48.9 Å². The summed E-state index contributed by atoms with van der Waals surface area (Å²) in [5.41, 5.74) is 9.41. The van der Waals surface area contributed by atoms with Crippen molar-refractivity contribution in [3.8, 4) is 0 Å². The molecule has 10 radical (unpaired) electrons. The lowest BCUT2D eigenvalue weighted by atomic mass is 9.77. The van der Waals surface area contributed by atoms with Crippen LogP contribution in [-0.2, 0) is 12.8 Å². The van der Waals surface area contributed by atoms with Crippen LogP contribution in [0.25, 0.3) is 0 Å². The molecule has 6 rings (SSSR count). The van der Waals surface area contributed by atoms with Gasteiger partial charge in [0.25, 0.3) is 0 Å². The molecular formula is C30H30Si. The molecule has 2 fully saturated rings. The molecule has 1 heteroatoms. The van der Waals surface area contributed by atoms with Crippen molar-refractivity contribution >= 4 is 8.07 Å². The second kappa shape index (κ2) is 7.34. The average molecular weight is 419 g/mol. The summed E-state index contributed by atoms with van der Waals surface area (Å²) in [7, 11) is -1.84. The zero-order valence-corrected chi connectivity index (χ0v) is 20.1. The molecule has 0 aromatic heterocycles. The van der Waals surface area contributed by atoms with Gasteiger partial charge in [-0.2, -0.15) is 0 Å². The summed E-state index contributed by atoms with van der Waals surface area (Å²) in [5.74, 6) is 9.36. The molecule has 2 aromatic carbocycles. The maximum atomic E-state index is 2.61. The fourth-order valence-corrected chi connectivity index (χ4v) is 11.3. The topological polar surface area (TPSA) is 0 Å². The van der Waals surface area contributed by atoms with Gasteiger partial charge in [-0.05, 0) is 95.5 Å². The molecule has 4 aliphatic rings. The molecule has 31 heavy (non-hydrogen) atoms. The minimum absolute atomic E-state index is 1.18. The first-order chi connectivity index (χ1) is 15.0. The van der Waals surface area contributed by atoms with Crippen LogP contribution in [0.4, 0.5) is 0 Å². The molecule has 0 nitrogen and oxygen atoms in total. The summed E-state index contributed by atoms with van der Waals surface area (Å²) in [4.78, 5) is 0. The van der Waals surface area contributed by atoms with Gasteiger partial charge < -0.3 is 0 Å². The second-order valence-electron chi connectivity index (χ2n) is 10.1. The van der Waals surface area contributed by atoms with E-state index in [1.165, 1.54) is 71.6 Å². The van der Waals surface area contributed by atoms with Crippen molar-refractivity contribution in [2.45, 2.75) is 52.6 Å². The zero-order valence-electron chi connectivity index (χ0n) is 19.1. The maximum Gasteiger partial charge on any atom is 0.0633 e. The summed E-state index contributed by atoms with van der Waals surface area (Å²) >= 11 is 0. The molecule has 0 unspecified atom stereocenters. The molecule has 0 N–H and O–H groups in total. The Hall–Kier alpha value is -1.34. The van der Waals surface area contributed by atoms with Crippen molar-refractivity contribution < 1.29 is 0 Å². The highest BCUT2D eigenvalue weighted by molar-refractivity contribution is 6.90. The van der Waals surface area contributed by atoms with Gasteiger partial charge in [-0.3, -0.25) is 0 Å². The highest BCUT2D eigenvalue weighted by Gasteiger charge is 2.60. The predicted molar refractivity (Wildman–Crippen MR) is 131 cm³/mol. The van der Waals surface area contributed by atoms with Gasteiger partial charge in [0.05, 0.1) is 8.07 Å². The van der Waals surface area contributed by atoms with E-state index in [9.17, 15) is 0 Å². The Labute approximate surface area is 190 Å². The summed E-state index contributed by atoms with van der Waals surface area (Å²) in [5, 5.41) is 0. The first-order valence-corrected chi connectivity index (χ1v) is 14.7. The van der Waals surface area contributed by atoms with Crippen molar-refractivity contribution in [1.82, 2.24) is 0 Å². The molecule has 0 spiro atoms. The Morgan fingerprint density at radius 3 is 1.45 bits per heavy atom. The number of hydrogen-bond acceptors (Lipinski definition) is 0. The van der Waals surface area contributed by atoms with Crippen LogP contribution in [0.2, 0.25) is 13.1 Å². The third kappa shape index (κ3) is 2.98. The Kier molecular flexibility index (Phi) is 4.80. The fourth-order valence-electron chi connectivity index (χ4n) is 6.88. The monoisotopic (exact) mass is 418 g/mol. The standard InChI is InChI=1S/C30H30Si/c1-19-17-27-23-11-7-5-9-21(23)13-15-25(27)29(19)31(3,4)30-20(2)18-28-24-12-8-6-10-22(24)14-16-26(28)30/h5-12,17-18H,13-16H2,1-4H3. The molecule has 4 aliphatic carbocycles. The lowest BCUT2D eigenvalue weighted by Gasteiger charge is -2.46. The molecule has 0 bridgehead atoms. The van der Waals surface area contributed by atoms with Crippen LogP contribution >= 0.6 is 0 Å². The van der Waals surface area contributed by atoms with E-state index >= 15 is 0 Å². The summed E-state index contributed by atoms with van der Waals surface area (Å²) in [6.07, 6.45) is 9.73. The van der Waals surface area contributed by atoms with Gasteiger partial charge in [-0.15, -0.1) is 0 Å². The maximum absolute atomic E-state index is 2.61. The predicted octanol–water partition coefficient (Wildman–Crippen LogP) is 6.83. The normalized spacial score (nSPS) is 24.9. The second-order valence-corrected chi connectivity index (χ2v) is 14.4. The van der Waals surface area contributed by atoms with Crippen LogP contribution in [-0.4, -0.2) is 8.07 Å². The van der Waals surface area contributed by atoms with E-state index < -0.39 is 8.07 Å². The van der Waals surface area contributed by atoms with Gasteiger partial charge in [0.15, 0.2) is 0 Å². The van der Waals surface area contributed by atoms with E-state index in [2.05, 4.69) is 88.3 Å². The third-order valence-corrected chi connectivity index (χ3v) is 11.8. The van der Waals surface area contributed by atoms with Crippen molar-refractivity contribution in [1.29, 1.82) is 0 Å². The van der Waals surface area contributed by atoms with Gasteiger partial charge >= 0.3 is 0 Å². The van der Waals surface area contributed by atoms with Gasteiger partial charge in [-0.25, -0.2) is 0 Å². The van der Waals surface area contributed by atoms with E-state index in [0.717, 1.165) is 0 Å². The molecule has 0 heterocycles. The van der Waals surface area contributed by atoms with Crippen LogP contribution in [0.3, 0.4) is 0 Å². The molecule has 0 amide bonds. The van der Waals surface area contributed by atoms with E-state index in [0.29, 0.717) is 0 Å². The summed E-state index contributed by atoms with van der Waals surface area (Å²) in [6.45, 7) is 9.95. The van der Waals surface area contributed by atoms with Crippen molar-refractivity contribution in [3.63, 3.8) is 0 Å². The Morgan fingerprint density at radius 1 is 0.581 bits per heavy atom. The number of fused-ring (bicyclic) bond motifs is 6. The Balaban J connectivity index is 1.34. The SMILES string of the molecule is C[C]1[CH][C]2[C](CCc3ccccc32)[C]1[Si](C)(C)[C]1[C](C)[CH][C]2[C]1CCc1ccccc12. The number of rotatable bonds is 2. The minimum Gasteiger partial charge on any atom is -0.0684 e. The largest absolute Gasteiger partial charge is 0.0684 e. The first-order valence-electron chi connectivity index (χ1n) is 11.7. The van der Waals surface area contributed by atoms with Crippen molar-refractivity contribution in [3.05, 3.63) is 130 Å². The quantitative estimate of drug-likeness (QED) is 0.469. The summed E-state index contributed by atoms with van der Waals surface area (Å²) in [6, 6.07) is 18.1. The van der Waals surface area contributed by atoms with E-state index in [1.807, 2.05) is 0 Å². The molecular weight excluding hydrogens is 388 g/mol. The van der Waals surface area contributed by atoms with Crippen molar-refractivity contribution in [2.24, 2.45) is 0 Å². The highest BCUT2D eigenvalue weighted by atomic mass is 28.3. The molecule has 0 atom stereocenters. The fraction of sp³-hybridized carbons (Fsp3) is 0.267. The molecule has 0 aliphatic heterocycles. The zero-order chi connectivity index (χ0) is 21.3. The van der Waals surface area contributed by atoms with E-state index in [-0.39, 0.29) is 0 Å². The lowest BCUT2D eigenvalue weighted by molar-refractivity contribution is 0.777. The number of aryl methyl sites for hydroxylation is 2. The number of benzene rings is 2. The molecule has 2 aromatic rings. The minimum atomic E-state index is -1.84. The molecule has 154 valence electrons. The van der Waals surface area contributed by atoms with Crippen LogP contribution in [0, 0.1) is 59.4 Å². The Bertz CT molecular complexity index is 896. The van der Waals surface area contributed by atoms with Crippen LogP contribution < -0.4 is 0 Å². The highest BCUT2D eigenvalue weighted by Crippen LogP contribution is 2.64. The van der Waals surface area contributed by atoms with Gasteiger partial charge in [-0.1, -0.05) is 75.5 Å². The average Bonchev–Trinajstić information content (AvgIpc) is 3.30. The van der Waals surface area contributed by atoms with Crippen LogP contribution in [0.15, 0.2) is 48.5 Å². The lowest BCUT2D eigenvalue weighted by Crippen LogP contribution is -2.49. The van der Waals surface area contributed by atoms with Crippen molar-refractivity contribution in [2.75, 3.05) is 0 Å². The molecule has 2 saturated carbocycles. The van der Waals surface area contributed by atoms with E-state index in [1.54, 1.807) is 22.9 Å².